The molecule has 0 radical (unpaired) electrons. The molecule has 0 aliphatic carbocycles. The fourth-order valence-electron chi connectivity index (χ4n) is 4.16. The third-order valence-corrected chi connectivity index (χ3v) is 5.75. The second-order valence-corrected chi connectivity index (χ2v) is 7.82. The summed E-state index contributed by atoms with van der Waals surface area (Å²) in [6, 6.07) is 6.44. The first-order valence-corrected chi connectivity index (χ1v) is 10.3. The van der Waals surface area contributed by atoms with Gasteiger partial charge in [-0.15, -0.1) is 0 Å². The van der Waals surface area contributed by atoms with Crippen LogP contribution in [-0.4, -0.2) is 41.1 Å². The normalized spacial score (nSPS) is 16.9. The van der Waals surface area contributed by atoms with Gasteiger partial charge in [0.15, 0.2) is 5.82 Å². The lowest BCUT2D eigenvalue weighted by Gasteiger charge is -2.16. The number of aromatic nitrogens is 3. The van der Waals surface area contributed by atoms with Gasteiger partial charge >= 0.3 is 0 Å². The van der Waals surface area contributed by atoms with E-state index in [-0.39, 0.29) is 11.6 Å². The molecule has 30 heavy (non-hydrogen) atoms. The Kier molecular flexibility index (Phi) is 5.55. The lowest BCUT2D eigenvalue weighted by atomic mass is 10.0. The van der Waals surface area contributed by atoms with E-state index in [0.717, 1.165) is 65.0 Å². The highest BCUT2D eigenvalue weighted by molar-refractivity contribution is 5.93. The number of benzene rings is 1. The highest BCUT2D eigenvalue weighted by Crippen LogP contribution is 2.25. The minimum atomic E-state index is 0.0679. The van der Waals surface area contributed by atoms with Crippen LogP contribution < -0.4 is 16.2 Å². The molecule has 1 unspecified atom stereocenters. The molecular weight excluding hydrogens is 376 g/mol. The van der Waals surface area contributed by atoms with Gasteiger partial charge in [-0.05, 0) is 61.9 Å². The molecule has 0 bridgehead atoms. The van der Waals surface area contributed by atoms with Crippen molar-refractivity contribution in [2.45, 2.75) is 32.7 Å². The van der Waals surface area contributed by atoms with Gasteiger partial charge in [-0.2, -0.15) is 5.10 Å². The van der Waals surface area contributed by atoms with Crippen LogP contribution in [0.25, 0.3) is 16.3 Å². The lowest BCUT2D eigenvalue weighted by molar-refractivity contribution is 0.533. The number of allylic oxidation sites excluding steroid dienone is 2. The van der Waals surface area contributed by atoms with Gasteiger partial charge < -0.3 is 15.2 Å². The molecule has 3 heterocycles. The first-order chi connectivity index (χ1) is 14.5. The van der Waals surface area contributed by atoms with Crippen molar-refractivity contribution in [3.8, 4) is 0 Å². The molecule has 1 fully saturated rings. The van der Waals surface area contributed by atoms with E-state index in [0.29, 0.717) is 0 Å². The Morgan fingerprint density at radius 3 is 3.00 bits per heavy atom. The minimum Gasteiger partial charge on any atom is -0.387 e. The fourth-order valence-corrected chi connectivity index (χ4v) is 4.16. The predicted molar refractivity (Wildman–Crippen MR) is 124 cm³/mol. The van der Waals surface area contributed by atoms with Crippen LogP contribution in [0.15, 0.2) is 46.6 Å². The maximum atomic E-state index is 13.2. The van der Waals surface area contributed by atoms with Crippen molar-refractivity contribution in [1.29, 1.82) is 0 Å². The largest absolute Gasteiger partial charge is 0.387 e. The molecule has 1 aliphatic rings. The van der Waals surface area contributed by atoms with Crippen LogP contribution in [-0.2, 0) is 6.42 Å². The molecule has 156 valence electrons. The van der Waals surface area contributed by atoms with E-state index in [9.17, 15) is 4.79 Å². The van der Waals surface area contributed by atoms with Crippen LogP contribution in [0.5, 0.6) is 0 Å². The third-order valence-electron chi connectivity index (χ3n) is 5.75. The van der Waals surface area contributed by atoms with Crippen LogP contribution in [0.3, 0.4) is 0 Å². The molecule has 7 nitrogen and oxygen atoms in total. The van der Waals surface area contributed by atoms with Crippen LogP contribution in [0.2, 0.25) is 0 Å². The van der Waals surface area contributed by atoms with Crippen molar-refractivity contribution in [2.75, 3.05) is 25.5 Å². The number of anilines is 1. The Hall–Kier alpha value is -3.19. The molecule has 2 N–H and O–H groups in total. The quantitative estimate of drug-likeness (QED) is 0.619. The van der Waals surface area contributed by atoms with E-state index >= 15 is 0 Å². The van der Waals surface area contributed by atoms with E-state index in [2.05, 4.69) is 45.6 Å². The van der Waals surface area contributed by atoms with Crippen molar-refractivity contribution in [2.24, 2.45) is 5.10 Å². The van der Waals surface area contributed by atoms with Gasteiger partial charge in [0.2, 0.25) is 0 Å². The van der Waals surface area contributed by atoms with Gasteiger partial charge in [-0.3, -0.25) is 4.79 Å². The fraction of sp³-hybridized carbons (Fsp3) is 0.348. The van der Waals surface area contributed by atoms with Gasteiger partial charge in [0.1, 0.15) is 0 Å². The molecule has 1 saturated heterocycles. The number of nitrogens with one attached hydrogen (secondary N) is 2. The topological polar surface area (TPSA) is 76.2 Å². The maximum Gasteiger partial charge on any atom is 0.260 e. The van der Waals surface area contributed by atoms with E-state index in [4.69, 9.17) is 0 Å². The zero-order chi connectivity index (χ0) is 21.3. The Morgan fingerprint density at radius 2 is 2.30 bits per heavy atom. The van der Waals surface area contributed by atoms with Crippen molar-refractivity contribution >= 4 is 28.8 Å². The number of aryl methyl sites for hydroxylation is 1. The molecule has 1 atom stereocenters. The molecule has 2 aromatic heterocycles. The number of fused-ring (bicyclic) bond motifs is 1. The number of nitrogens with zero attached hydrogens (tertiary/aromatic N) is 4. The van der Waals surface area contributed by atoms with Crippen molar-refractivity contribution in [3.63, 3.8) is 0 Å². The van der Waals surface area contributed by atoms with Crippen LogP contribution in [0, 0.1) is 6.92 Å². The zero-order valence-corrected chi connectivity index (χ0v) is 17.8. The maximum absolute atomic E-state index is 13.2. The molecule has 3 aromatic rings. The molecular formula is C23H28N6O. The monoisotopic (exact) mass is 404 g/mol. The lowest BCUT2D eigenvalue weighted by Crippen LogP contribution is -2.26. The first kappa shape index (κ1) is 20.1. The molecule has 7 heteroatoms. The summed E-state index contributed by atoms with van der Waals surface area (Å²) in [5.41, 5.74) is 4.00. The number of hydrogen-bond acceptors (Lipinski definition) is 5. The van der Waals surface area contributed by atoms with Gasteiger partial charge in [-0.25, -0.2) is 9.66 Å². The average Bonchev–Trinajstić information content (AvgIpc) is 3.41. The van der Waals surface area contributed by atoms with Crippen molar-refractivity contribution in [3.05, 3.63) is 64.1 Å². The van der Waals surface area contributed by atoms with Gasteiger partial charge in [0.05, 0.1) is 23.3 Å². The summed E-state index contributed by atoms with van der Waals surface area (Å²) in [7, 11) is 1.86. The van der Waals surface area contributed by atoms with E-state index < -0.39 is 0 Å². The van der Waals surface area contributed by atoms with Gasteiger partial charge in [0, 0.05) is 32.2 Å². The highest BCUT2D eigenvalue weighted by Gasteiger charge is 2.19. The standard InChI is InChI=1S/C23H28N6O/c1-15(22-27-16(2)14-29(22)25-4)5-6-17-11-18-8-10-28(19-7-9-26-13-19)23(30)21(18)20(12-17)24-3/h5,8,10-12,14,19,24,26H,4,6-7,9,13H2,1-3H3/b15-5-. The molecule has 0 saturated carbocycles. The summed E-state index contributed by atoms with van der Waals surface area (Å²) in [5, 5.41) is 12.3. The minimum absolute atomic E-state index is 0.0679. The third kappa shape index (κ3) is 3.68. The molecule has 4 rings (SSSR count). The summed E-state index contributed by atoms with van der Waals surface area (Å²) < 4.78 is 3.57. The number of hydrogen-bond donors (Lipinski definition) is 2. The zero-order valence-electron chi connectivity index (χ0n) is 17.8. The van der Waals surface area contributed by atoms with E-state index in [1.165, 1.54) is 0 Å². The summed E-state index contributed by atoms with van der Waals surface area (Å²) in [4.78, 5) is 17.7. The first-order valence-electron chi connectivity index (χ1n) is 10.3. The number of rotatable bonds is 6. The second-order valence-electron chi connectivity index (χ2n) is 7.82. The number of imidazole rings is 1. The SMILES string of the molecule is C=Nn1cc(C)nc1/C(C)=C\Cc1cc(NC)c2c(=O)n(C3CCNC3)ccc2c1. The molecule has 0 amide bonds. The summed E-state index contributed by atoms with van der Waals surface area (Å²) in [5.74, 6) is 0.796. The van der Waals surface area contributed by atoms with Crippen molar-refractivity contribution in [1.82, 2.24) is 19.5 Å². The number of pyridine rings is 1. The Labute approximate surface area is 176 Å². The second kappa shape index (κ2) is 8.28. The van der Waals surface area contributed by atoms with Gasteiger partial charge in [-0.1, -0.05) is 12.1 Å². The summed E-state index contributed by atoms with van der Waals surface area (Å²) in [6.07, 6.45) is 7.64. The van der Waals surface area contributed by atoms with E-state index in [1.54, 1.807) is 4.68 Å². The Bertz CT molecular complexity index is 1180. The molecule has 1 aliphatic heterocycles. The smallest absolute Gasteiger partial charge is 0.260 e. The predicted octanol–water partition coefficient (Wildman–Crippen LogP) is 3.19. The van der Waals surface area contributed by atoms with Crippen LogP contribution in [0.1, 0.15) is 36.5 Å². The summed E-state index contributed by atoms with van der Waals surface area (Å²) in [6.45, 7) is 9.37. The van der Waals surface area contributed by atoms with E-state index in [1.807, 2.05) is 43.9 Å². The van der Waals surface area contributed by atoms with Crippen LogP contribution in [0.4, 0.5) is 5.69 Å². The van der Waals surface area contributed by atoms with Gasteiger partial charge in [0.25, 0.3) is 5.56 Å². The summed E-state index contributed by atoms with van der Waals surface area (Å²) >= 11 is 0. The van der Waals surface area contributed by atoms with Crippen molar-refractivity contribution < 1.29 is 0 Å². The highest BCUT2D eigenvalue weighted by atomic mass is 16.1. The molecule has 1 aromatic carbocycles. The Balaban J connectivity index is 1.69. The van der Waals surface area contributed by atoms with Crippen LogP contribution >= 0.6 is 0 Å². The molecule has 0 spiro atoms. The average molecular weight is 405 g/mol. The Morgan fingerprint density at radius 1 is 1.47 bits per heavy atom.